The zero-order valence-electron chi connectivity index (χ0n) is 17.1. The molecule has 0 atom stereocenters. The third-order valence-electron chi connectivity index (χ3n) is 3.61. The highest BCUT2D eigenvalue weighted by molar-refractivity contribution is 5.95. The number of hydrogen-bond donors (Lipinski definition) is 1. The van der Waals surface area contributed by atoms with Crippen molar-refractivity contribution in [1.29, 1.82) is 0 Å². The Bertz CT molecular complexity index is 674. The Hall–Kier alpha value is -2.67. The molecule has 28 heavy (non-hydrogen) atoms. The molecule has 0 aliphatic rings. The Morgan fingerprint density at radius 1 is 0.964 bits per heavy atom. The third-order valence-corrected chi connectivity index (χ3v) is 3.61. The number of rotatable bonds is 10. The molecule has 7 heteroatoms. The van der Waals surface area contributed by atoms with Crippen molar-refractivity contribution in [3.63, 3.8) is 0 Å². The number of hydrogen-bond acceptors (Lipinski definition) is 6. The molecule has 1 rings (SSSR count). The van der Waals surface area contributed by atoms with Crippen molar-refractivity contribution in [3.8, 4) is 0 Å². The molecular weight excluding hydrogens is 362 g/mol. The Kier molecular flexibility index (Phi) is 9.95. The molecule has 0 bridgehead atoms. The number of amides is 1. The van der Waals surface area contributed by atoms with Crippen LogP contribution in [0.3, 0.4) is 0 Å². The lowest BCUT2D eigenvalue weighted by atomic mass is 10.0. The van der Waals surface area contributed by atoms with Gasteiger partial charge in [-0.05, 0) is 52.2 Å². The van der Waals surface area contributed by atoms with Gasteiger partial charge < -0.3 is 9.47 Å². The second kappa shape index (κ2) is 11.9. The summed E-state index contributed by atoms with van der Waals surface area (Å²) in [6.07, 6.45) is 3.49. The normalized spacial score (nSPS) is 11.3. The molecule has 0 spiro atoms. The first kappa shape index (κ1) is 23.4. The Morgan fingerprint density at radius 2 is 1.54 bits per heavy atom. The fourth-order valence-electron chi connectivity index (χ4n) is 2.43. The zero-order chi connectivity index (χ0) is 21.1. The lowest BCUT2D eigenvalue weighted by molar-refractivity contribution is -0.166. The molecule has 0 aliphatic carbocycles. The molecule has 1 N–H and O–H groups in total. The molecule has 154 valence electrons. The summed E-state index contributed by atoms with van der Waals surface area (Å²) in [5.41, 5.74) is 3.57. The van der Waals surface area contributed by atoms with Crippen molar-refractivity contribution in [2.24, 2.45) is 5.92 Å². The molecule has 1 aromatic carbocycles. The average molecular weight is 391 g/mol. The standard InChI is InChI=1S/C21H29NO6/c1-14(2)27-20(24)18(21(25)28-15(3)4)13-9-7-11-16-10-6-8-12-17(16)19(23)22-26-5/h6-10,12,14-15,18H,11,13H2,1-5H3,(H,22,23)/b9-7+. The predicted molar refractivity (Wildman–Crippen MR) is 104 cm³/mol. The minimum atomic E-state index is -1.02. The summed E-state index contributed by atoms with van der Waals surface area (Å²) < 4.78 is 10.3. The van der Waals surface area contributed by atoms with E-state index in [0.717, 1.165) is 5.56 Å². The first-order chi connectivity index (χ1) is 13.3. The summed E-state index contributed by atoms with van der Waals surface area (Å²) >= 11 is 0. The highest BCUT2D eigenvalue weighted by atomic mass is 16.6. The van der Waals surface area contributed by atoms with Crippen molar-refractivity contribution < 1.29 is 28.7 Å². The number of carbonyl (C=O) groups is 3. The van der Waals surface area contributed by atoms with E-state index >= 15 is 0 Å². The largest absolute Gasteiger partial charge is 0.462 e. The van der Waals surface area contributed by atoms with E-state index in [1.807, 2.05) is 12.1 Å². The molecule has 7 nitrogen and oxygen atoms in total. The second-order valence-corrected chi connectivity index (χ2v) is 6.73. The number of benzene rings is 1. The predicted octanol–water partition coefficient (Wildman–Crippen LogP) is 2.99. The highest BCUT2D eigenvalue weighted by Crippen LogP contribution is 2.14. The van der Waals surface area contributed by atoms with Crippen LogP contribution in [0, 0.1) is 5.92 Å². The summed E-state index contributed by atoms with van der Waals surface area (Å²) in [6, 6.07) is 7.11. The van der Waals surface area contributed by atoms with E-state index in [4.69, 9.17) is 9.47 Å². The molecule has 1 amide bonds. The summed E-state index contributed by atoms with van der Waals surface area (Å²) in [6.45, 7) is 6.89. The van der Waals surface area contributed by atoms with Crippen LogP contribution in [0.1, 0.15) is 50.0 Å². The first-order valence-corrected chi connectivity index (χ1v) is 9.23. The SMILES string of the molecule is CONC(=O)c1ccccc1C/C=C/CC(C(=O)OC(C)C)C(=O)OC(C)C. The van der Waals surface area contributed by atoms with Gasteiger partial charge in [-0.25, -0.2) is 5.48 Å². The van der Waals surface area contributed by atoms with Crippen LogP contribution in [0.5, 0.6) is 0 Å². The van der Waals surface area contributed by atoms with Gasteiger partial charge in [-0.3, -0.25) is 19.2 Å². The topological polar surface area (TPSA) is 90.9 Å². The van der Waals surface area contributed by atoms with E-state index in [1.165, 1.54) is 7.11 Å². The van der Waals surface area contributed by atoms with Crippen LogP contribution in [-0.4, -0.2) is 37.2 Å². The fraction of sp³-hybridized carbons (Fsp3) is 0.476. The van der Waals surface area contributed by atoms with Crippen LogP contribution in [0.25, 0.3) is 0 Å². The first-order valence-electron chi connectivity index (χ1n) is 9.23. The molecule has 0 heterocycles. The van der Waals surface area contributed by atoms with Crippen LogP contribution in [-0.2, 0) is 30.3 Å². The van der Waals surface area contributed by atoms with E-state index in [2.05, 4.69) is 10.3 Å². The molecule has 0 unspecified atom stereocenters. The molecule has 0 saturated carbocycles. The number of hydroxylamine groups is 1. The van der Waals surface area contributed by atoms with E-state index in [9.17, 15) is 14.4 Å². The van der Waals surface area contributed by atoms with Gasteiger partial charge in [0.25, 0.3) is 5.91 Å². The summed E-state index contributed by atoms with van der Waals surface area (Å²) in [5.74, 6) is -2.58. The molecule has 1 aromatic rings. The quantitative estimate of drug-likeness (QED) is 0.285. The van der Waals surface area contributed by atoms with Crippen molar-refractivity contribution in [2.75, 3.05) is 7.11 Å². The van der Waals surface area contributed by atoms with E-state index < -0.39 is 17.9 Å². The van der Waals surface area contributed by atoms with Crippen LogP contribution >= 0.6 is 0 Å². The van der Waals surface area contributed by atoms with Gasteiger partial charge in [0.15, 0.2) is 5.92 Å². The van der Waals surface area contributed by atoms with Gasteiger partial charge in [0.2, 0.25) is 0 Å². The van der Waals surface area contributed by atoms with Crippen molar-refractivity contribution in [2.45, 2.75) is 52.7 Å². The minimum absolute atomic E-state index is 0.156. The number of esters is 2. The van der Waals surface area contributed by atoms with Gasteiger partial charge >= 0.3 is 11.9 Å². The van der Waals surface area contributed by atoms with E-state index in [0.29, 0.717) is 12.0 Å². The Balaban J connectivity index is 2.82. The molecular formula is C21H29NO6. The molecule has 0 saturated heterocycles. The number of nitrogens with one attached hydrogen (secondary N) is 1. The minimum Gasteiger partial charge on any atom is -0.462 e. The van der Waals surface area contributed by atoms with Gasteiger partial charge in [-0.15, -0.1) is 0 Å². The lowest BCUT2D eigenvalue weighted by Crippen LogP contribution is -2.30. The van der Waals surface area contributed by atoms with Crippen LogP contribution in [0.15, 0.2) is 36.4 Å². The Morgan fingerprint density at radius 3 is 2.07 bits per heavy atom. The maximum absolute atomic E-state index is 12.2. The van der Waals surface area contributed by atoms with Gasteiger partial charge in [0.1, 0.15) is 0 Å². The fourth-order valence-corrected chi connectivity index (χ4v) is 2.43. The van der Waals surface area contributed by atoms with Crippen molar-refractivity contribution in [1.82, 2.24) is 5.48 Å². The third kappa shape index (κ3) is 7.92. The number of ether oxygens (including phenoxy) is 2. The van der Waals surface area contributed by atoms with Crippen LogP contribution < -0.4 is 5.48 Å². The molecule has 0 radical (unpaired) electrons. The number of allylic oxidation sites excluding steroid dienone is 2. The van der Waals surface area contributed by atoms with Gasteiger partial charge in [0.05, 0.1) is 19.3 Å². The number of carbonyl (C=O) groups excluding carboxylic acids is 3. The molecule has 0 aliphatic heterocycles. The van der Waals surface area contributed by atoms with E-state index in [1.54, 1.807) is 52.0 Å². The van der Waals surface area contributed by atoms with Gasteiger partial charge in [-0.1, -0.05) is 30.4 Å². The Labute approximate surface area is 166 Å². The van der Waals surface area contributed by atoms with Gasteiger partial charge in [0, 0.05) is 5.56 Å². The van der Waals surface area contributed by atoms with Crippen molar-refractivity contribution >= 4 is 17.8 Å². The summed E-state index contributed by atoms with van der Waals surface area (Å²) in [5, 5.41) is 0. The highest BCUT2D eigenvalue weighted by Gasteiger charge is 2.29. The average Bonchev–Trinajstić information content (AvgIpc) is 2.60. The summed E-state index contributed by atoms with van der Waals surface area (Å²) in [7, 11) is 1.37. The maximum Gasteiger partial charge on any atom is 0.320 e. The monoisotopic (exact) mass is 391 g/mol. The molecule has 0 fully saturated rings. The lowest BCUT2D eigenvalue weighted by Gasteiger charge is -2.17. The van der Waals surface area contributed by atoms with E-state index in [-0.39, 0.29) is 24.5 Å². The smallest absolute Gasteiger partial charge is 0.320 e. The van der Waals surface area contributed by atoms with Gasteiger partial charge in [-0.2, -0.15) is 0 Å². The maximum atomic E-state index is 12.2. The second-order valence-electron chi connectivity index (χ2n) is 6.73. The van der Waals surface area contributed by atoms with Crippen LogP contribution in [0.2, 0.25) is 0 Å². The van der Waals surface area contributed by atoms with Crippen LogP contribution in [0.4, 0.5) is 0 Å². The van der Waals surface area contributed by atoms with Crippen molar-refractivity contribution in [3.05, 3.63) is 47.5 Å². The summed E-state index contributed by atoms with van der Waals surface area (Å²) in [4.78, 5) is 41.1. The zero-order valence-corrected chi connectivity index (χ0v) is 17.1. The molecule has 0 aromatic heterocycles.